The summed E-state index contributed by atoms with van der Waals surface area (Å²) in [5.74, 6) is -4.55. The maximum Gasteiger partial charge on any atom is 0.297 e. The molecule has 0 heterocycles. The lowest BCUT2D eigenvalue weighted by Gasteiger charge is -2.09. The highest BCUT2D eigenvalue weighted by Gasteiger charge is 2.38. The van der Waals surface area contributed by atoms with Gasteiger partial charge in [-0.1, -0.05) is 0 Å². The van der Waals surface area contributed by atoms with Crippen molar-refractivity contribution in [2.24, 2.45) is 5.92 Å². The second-order valence-corrected chi connectivity index (χ2v) is 3.28. The monoisotopic (exact) mass is 204 g/mol. The van der Waals surface area contributed by atoms with Crippen LogP contribution >= 0.6 is 0 Å². The summed E-state index contributed by atoms with van der Waals surface area (Å²) in [7, 11) is 0. The van der Waals surface area contributed by atoms with Crippen molar-refractivity contribution >= 4 is 17.3 Å². The van der Waals surface area contributed by atoms with Crippen LogP contribution in [0.4, 0.5) is 8.78 Å². The number of carbonyl (C=O) groups excluding carboxylic acids is 3. The molecule has 0 amide bonds. The predicted molar refractivity (Wildman–Crippen MR) is 43.0 cm³/mol. The fraction of sp³-hybridized carbons (Fsp3) is 0.667. The molecule has 1 fully saturated rings. The quantitative estimate of drug-likeness (QED) is 0.500. The maximum absolute atomic E-state index is 12.0. The van der Waals surface area contributed by atoms with Crippen molar-refractivity contribution in [3.05, 3.63) is 0 Å². The first-order valence-corrected chi connectivity index (χ1v) is 4.41. The van der Waals surface area contributed by atoms with E-state index in [2.05, 4.69) is 0 Å². The lowest BCUT2D eigenvalue weighted by molar-refractivity contribution is -0.145. The molecule has 0 saturated heterocycles. The molecule has 0 aromatic heterocycles. The molecule has 0 aromatic carbocycles. The molecule has 0 N–H and O–H groups in total. The van der Waals surface area contributed by atoms with Gasteiger partial charge < -0.3 is 0 Å². The summed E-state index contributed by atoms with van der Waals surface area (Å²) in [6.07, 6.45) is -2.13. The smallest absolute Gasteiger partial charge is 0.297 e. The molecule has 0 unspecified atom stereocenters. The van der Waals surface area contributed by atoms with Gasteiger partial charge in [0.15, 0.2) is 11.6 Å². The largest absolute Gasteiger partial charge is 0.298 e. The van der Waals surface area contributed by atoms with Crippen LogP contribution in [0.2, 0.25) is 0 Å². The SMILES string of the molecule is O=C1CCCCC(=O)C1C(=O)C(F)F. The van der Waals surface area contributed by atoms with Crippen LogP contribution in [0.5, 0.6) is 0 Å². The normalized spacial score (nSPS) is 19.9. The maximum atomic E-state index is 12.0. The first kappa shape index (κ1) is 10.9. The number of carbonyl (C=O) groups is 3. The molecule has 0 radical (unpaired) electrons. The van der Waals surface area contributed by atoms with Gasteiger partial charge in [-0.3, -0.25) is 14.4 Å². The van der Waals surface area contributed by atoms with Crippen LogP contribution in [0, 0.1) is 5.92 Å². The van der Waals surface area contributed by atoms with Crippen LogP contribution < -0.4 is 0 Å². The van der Waals surface area contributed by atoms with Crippen LogP contribution in [-0.2, 0) is 14.4 Å². The number of hydrogen-bond donors (Lipinski definition) is 0. The summed E-state index contributed by atoms with van der Waals surface area (Å²) in [5.41, 5.74) is 0. The Morgan fingerprint density at radius 2 is 1.57 bits per heavy atom. The number of rotatable bonds is 2. The first-order valence-electron chi connectivity index (χ1n) is 4.41. The Balaban J connectivity index is 2.85. The molecule has 0 spiro atoms. The summed E-state index contributed by atoms with van der Waals surface area (Å²) >= 11 is 0. The number of halogens is 2. The average molecular weight is 204 g/mol. The molecule has 14 heavy (non-hydrogen) atoms. The zero-order valence-electron chi connectivity index (χ0n) is 7.46. The van der Waals surface area contributed by atoms with Crippen molar-refractivity contribution in [2.45, 2.75) is 32.1 Å². The fourth-order valence-electron chi connectivity index (χ4n) is 1.51. The van der Waals surface area contributed by atoms with Crippen LogP contribution in [0.1, 0.15) is 25.7 Å². The number of alkyl halides is 2. The number of ketones is 3. The van der Waals surface area contributed by atoms with Crippen molar-refractivity contribution < 1.29 is 23.2 Å². The van der Waals surface area contributed by atoms with Crippen molar-refractivity contribution in [3.8, 4) is 0 Å². The van der Waals surface area contributed by atoms with E-state index in [0.717, 1.165) is 0 Å². The molecule has 0 atom stereocenters. The summed E-state index contributed by atoms with van der Waals surface area (Å²) in [6, 6.07) is 0. The van der Waals surface area contributed by atoms with Crippen LogP contribution in [-0.4, -0.2) is 23.8 Å². The molecule has 0 bridgehead atoms. The Morgan fingerprint density at radius 3 is 1.93 bits per heavy atom. The highest BCUT2D eigenvalue weighted by molar-refractivity contribution is 6.20. The summed E-state index contributed by atoms with van der Waals surface area (Å²) in [5, 5.41) is 0. The molecule has 1 aliphatic rings. The van der Waals surface area contributed by atoms with E-state index in [1.165, 1.54) is 0 Å². The minimum absolute atomic E-state index is 0.0505. The van der Waals surface area contributed by atoms with Crippen molar-refractivity contribution in [2.75, 3.05) is 0 Å². The van der Waals surface area contributed by atoms with Gasteiger partial charge in [0.2, 0.25) is 5.78 Å². The third-order valence-electron chi connectivity index (χ3n) is 2.24. The average Bonchev–Trinajstić information content (AvgIpc) is 2.26. The zero-order valence-corrected chi connectivity index (χ0v) is 7.46. The zero-order chi connectivity index (χ0) is 10.7. The van der Waals surface area contributed by atoms with Gasteiger partial charge in [-0.05, 0) is 12.8 Å². The van der Waals surface area contributed by atoms with E-state index in [4.69, 9.17) is 0 Å². The Kier molecular flexibility index (Phi) is 3.43. The second kappa shape index (κ2) is 4.39. The number of hydrogen-bond acceptors (Lipinski definition) is 3. The second-order valence-electron chi connectivity index (χ2n) is 3.28. The molecule has 5 heteroatoms. The Hall–Kier alpha value is -1.13. The highest BCUT2D eigenvalue weighted by atomic mass is 19.3. The Bertz CT molecular complexity index is 255. The highest BCUT2D eigenvalue weighted by Crippen LogP contribution is 2.20. The van der Waals surface area contributed by atoms with Gasteiger partial charge in [0.05, 0.1) is 0 Å². The summed E-state index contributed by atoms with van der Waals surface area (Å²) in [4.78, 5) is 33.3. The van der Waals surface area contributed by atoms with Gasteiger partial charge in [-0.2, -0.15) is 0 Å². The van der Waals surface area contributed by atoms with Crippen molar-refractivity contribution in [1.29, 1.82) is 0 Å². The van der Waals surface area contributed by atoms with Gasteiger partial charge in [0.1, 0.15) is 5.92 Å². The van der Waals surface area contributed by atoms with Gasteiger partial charge in [0, 0.05) is 12.8 Å². The standard InChI is InChI=1S/C9H10F2O3/c10-9(11)8(14)7-5(12)3-1-2-4-6(7)13/h7,9H,1-4H2. The third kappa shape index (κ3) is 2.21. The van der Waals surface area contributed by atoms with Gasteiger partial charge >= 0.3 is 0 Å². The minimum atomic E-state index is -3.23. The summed E-state index contributed by atoms with van der Waals surface area (Å²) in [6.45, 7) is 0. The topological polar surface area (TPSA) is 51.2 Å². The molecule has 1 aliphatic carbocycles. The molecular weight excluding hydrogens is 194 g/mol. The van der Waals surface area contributed by atoms with Gasteiger partial charge in [-0.25, -0.2) is 8.78 Å². The first-order chi connectivity index (χ1) is 6.54. The Morgan fingerprint density at radius 1 is 1.14 bits per heavy atom. The van der Waals surface area contributed by atoms with E-state index < -0.39 is 29.7 Å². The van der Waals surface area contributed by atoms with E-state index in [1.54, 1.807) is 0 Å². The lowest BCUT2D eigenvalue weighted by Crippen LogP contribution is -2.34. The molecule has 0 aromatic rings. The van der Waals surface area contributed by atoms with Gasteiger partial charge in [-0.15, -0.1) is 0 Å². The Labute approximate surface area is 79.5 Å². The molecule has 1 saturated carbocycles. The van der Waals surface area contributed by atoms with E-state index >= 15 is 0 Å². The van der Waals surface area contributed by atoms with E-state index in [-0.39, 0.29) is 12.8 Å². The van der Waals surface area contributed by atoms with Crippen LogP contribution in [0.25, 0.3) is 0 Å². The lowest BCUT2D eigenvalue weighted by atomic mass is 9.93. The minimum Gasteiger partial charge on any atom is -0.298 e. The molecule has 78 valence electrons. The van der Waals surface area contributed by atoms with Gasteiger partial charge in [0.25, 0.3) is 6.43 Å². The molecule has 1 rings (SSSR count). The third-order valence-corrected chi connectivity index (χ3v) is 2.24. The van der Waals surface area contributed by atoms with Crippen LogP contribution in [0.15, 0.2) is 0 Å². The van der Waals surface area contributed by atoms with E-state index in [0.29, 0.717) is 12.8 Å². The summed E-state index contributed by atoms with van der Waals surface area (Å²) < 4.78 is 24.1. The molecule has 3 nitrogen and oxygen atoms in total. The molecule has 0 aliphatic heterocycles. The van der Waals surface area contributed by atoms with Crippen molar-refractivity contribution in [3.63, 3.8) is 0 Å². The van der Waals surface area contributed by atoms with Crippen LogP contribution in [0.3, 0.4) is 0 Å². The fourth-order valence-corrected chi connectivity index (χ4v) is 1.51. The molecular formula is C9H10F2O3. The number of Topliss-reactive ketones (excluding diaryl/α,β-unsaturated/α-hetero) is 3. The van der Waals surface area contributed by atoms with E-state index in [9.17, 15) is 23.2 Å². The predicted octanol–water partition coefficient (Wildman–Crippen LogP) is 1.15. The van der Waals surface area contributed by atoms with Crippen molar-refractivity contribution in [1.82, 2.24) is 0 Å². The van der Waals surface area contributed by atoms with E-state index in [1.807, 2.05) is 0 Å².